The van der Waals surface area contributed by atoms with Gasteiger partial charge in [0.2, 0.25) is 0 Å². The number of β-amino-alcohol motifs (C(OH)–C–C–N with tert-alkyl or cyclic N) is 1. The quantitative estimate of drug-likeness (QED) is 0.461. The number of nitrogens with one attached hydrogen (secondary N) is 2. The number of aliphatic hydroxyl groups excluding tert-OH is 1. The summed E-state index contributed by atoms with van der Waals surface area (Å²) in [7, 11) is 0. The average molecular weight is 483 g/mol. The van der Waals surface area contributed by atoms with Crippen LogP contribution in [0.4, 0.5) is 33.5 Å². The van der Waals surface area contributed by atoms with Crippen LogP contribution in [0.5, 0.6) is 5.75 Å². The molecule has 34 heavy (non-hydrogen) atoms. The Morgan fingerprint density at radius 3 is 2.50 bits per heavy atom. The first kappa shape index (κ1) is 23.4. The van der Waals surface area contributed by atoms with Crippen molar-refractivity contribution in [2.45, 2.75) is 24.8 Å². The normalized spacial score (nSPS) is 16.5. The highest BCUT2D eigenvalue weighted by Gasteiger charge is 2.61. The fourth-order valence-corrected chi connectivity index (χ4v) is 3.39. The predicted octanol–water partition coefficient (Wildman–Crippen LogP) is 3.83. The molecule has 13 heteroatoms. The molecule has 1 atom stereocenters. The summed E-state index contributed by atoms with van der Waals surface area (Å²) in [6.07, 6.45) is -8.23. The Kier molecular flexibility index (Phi) is 6.13. The molecule has 180 valence electrons. The lowest BCUT2D eigenvalue weighted by Crippen LogP contribution is -2.41. The summed E-state index contributed by atoms with van der Waals surface area (Å²) in [6, 6.07) is 7.30. The van der Waals surface area contributed by atoms with Gasteiger partial charge >= 0.3 is 12.3 Å². The van der Waals surface area contributed by atoms with Gasteiger partial charge < -0.3 is 20.1 Å². The minimum absolute atomic E-state index is 0.141. The van der Waals surface area contributed by atoms with Crippen molar-refractivity contribution in [2.24, 2.45) is 0 Å². The molecule has 3 heterocycles. The zero-order valence-corrected chi connectivity index (χ0v) is 17.3. The molecule has 1 aromatic carbocycles. The topological polar surface area (TPSA) is 103 Å². The van der Waals surface area contributed by atoms with Crippen molar-refractivity contribution in [3.8, 4) is 17.0 Å². The molecule has 4 rings (SSSR count). The second-order valence-electron chi connectivity index (χ2n) is 7.55. The Morgan fingerprint density at radius 1 is 1.18 bits per heavy atom. The summed E-state index contributed by atoms with van der Waals surface area (Å²) in [5.41, 5.74) is 1.49. The number of hydrogen-bond acceptors (Lipinski definition) is 6. The van der Waals surface area contributed by atoms with E-state index < -0.39 is 30.0 Å². The predicted molar refractivity (Wildman–Crippen MR) is 111 cm³/mol. The Hall–Kier alpha value is -3.74. The van der Waals surface area contributed by atoms with E-state index in [1.165, 1.54) is 12.4 Å². The van der Waals surface area contributed by atoms with E-state index in [1.807, 2.05) is 4.90 Å². The van der Waals surface area contributed by atoms with E-state index >= 15 is 0 Å². The zero-order valence-electron chi connectivity index (χ0n) is 17.3. The molecule has 0 aliphatic carbocycles. The van der Waals surface area contributed by atoms with Crippen molar-refractivity contribution in [2.75, 3.05) is 23.3 Å². The van der Waals surface area contributed by atoms with Gasteiger partial charge in [0, 0.05) is 36.7 Å². The van der Waals surface area contributed by atoms with E-state index in [0.29, 0.717) is 36.6 Å². The van der Waals surface area contributed by atoms with Gasteiger partial charge in [-0.05, 0) is 42.8 Å². The lowest BCUT2D eigenvalue weighted by molar-refractivity contribution is -0.360. The second kappa shape index (κ2) is 8.89. The molecule has 0 saturated carbocycles. The summed E-state index contributed by atoms with van der Waals surface area (Å²) < 4.78 is 66.6. The number of halogens is 5. The van der Waals surface area contributed by atoms with Gasteiger partial charge in [-0.1, -0.05) is 0 Å². The molecule has 3 N–H and O–H groups in total. The fraction of sp³-hybridized carbons (Fsp3) is 0.286. The number of carbonyl (C=O) groups is 1. The Morgan fingerprint density at radius 2 is 1.91 bits per heavy atom. The van der Waals surface area contributed by atoms with Gasteiger partial charge in [0.1, 0.15) is 11.6 Å². The van der Waals surface area contributed by atoms with Gasteiger partial charge in [0.15, 0.2) is 0 Å². The Bertz CT molecular complexity index is 1150. The highest BCUT2D eigenvalue weighted by Crippen LogP contribution is 2.37. The summed E-state index contributed by atoms with van der Waals surface area (Å²) in [5, 5.41) is 19.1. The third kappa shape index (κ3) is 4.93. The number of amides is 1. The average Bonchev–Trinajstić information content (AvgIpc) is 3.46. The van der Waals surface area contributed by atoms with Crippen molar-refractivity contribution >= 4 is 17.4 Å². The van der Waals surface area contributed by atoms with Crippen molar-refractivity contribution < 1.29 is 36.6 Å². The van der Waals surface area contributed by atoms with E-state index in [2.05, 4.69) is 25.2 Å². The van der Waals surface area contributed by atoms with Crippen LogP contribution in [0.1, 0.15) is 16.8 Å². The number of benzene rings is 1. The molecule has 1 amide bonds. The first-order valence-corrected chi connectivity index (χ1v) is 10.0. The van der Waals surface area contributed by atoms with Gasteiger partial charge in [-0.2, -0.15) is 27.1 Å². The zero-order chi connectivity index (χ0) is 24.5. The number of pyridine rings is 1. The van der Waals surface area contributed by atoms with Crippen LogP contribution in [0, 0.1) is 0 Å². The molecule has 0 unspecified atom stereocenters. The van der Waals surface area contributed by atoms with Gasteiger partial charge in [-0.15, -0.1) is 0 Å². The van der Waals surface area contributed by atoms with E-state index in [4.69, 9.17) is 0 Å². The second-order valence-corrected chi connectivity index (χ2v) is 7.55. The number of anilines is 2. The number of aromatic amines is 1. The molecule has 8 nitrogen and oxygen atoms in total. The van der Waals surface area contributed by atoms with Crippen molar-refractivity contribution in [1.82, 2.24) is 15.2 Å². The number of nitrogens with zero attached hydrogens (tertiary/aromatic N) is 3. The van der Waals surface area contributed by atoms with Crippen molar-refractivity contribution in [3.63, 3.8) is 0 Å². The highest BCUT2D eigenvalue weighted by atomic mass is 19.4. The van der Waals surface area contributed by atoms with Gasteiger partial charge in [-0.25, -0.2) is 4.98 Å². The Balaban J connectivity index is 1.52. The Labute approximate surface area is 189 Å². The van der Waals surface area contributed by atoms with Crippen LogP contribution in [-0.4, -0.2) is 57.7 Å². The minimum Gasteiger partial charge on any atom is -0.426 e. The largest absolute Gasteiger partial charge is 0.499 e. The first-order chi connectivity index (χ1) is 16.0. The maximum Gasteiger partial charge on any atom is 0.499 e. The molecule has 0 spiro atoms. The van der Waals surface area contributed by atoms with E-state index in [-0.39, 0.29) is 11.3 Å². The smallest absolute Gasteiger partial charge is 0.426 e. The summed E-state index contributed by atoms with van der Waals surface area (Å²) in [5.74, 6) is -0.749. The fourth-order valence-electron chi connectivity index (χ4n) is 3.39. The van der Waals surface area contributed by atoms with Crippen LogP contribution in [0.15, 0.2) is 48.8 Å². The van der Waals surface area contributed by atoms with E-state index in [0.717, 1.165) is 24.3 Å². The molecule has 0 bridgehead atoms. The summed E-state index contributed by atoms with van der Waals surface area (Å²) in [4.78, 5) is 19.0. The number of aliphatic hydroxyl groups is 1. The molecule has 3 aromatic rings. The first-order valence-electron chi connectivity index (χ1n) is 10.0. The van der Waals surface area contributed by atoms with Crippen LogP contribution in [-0.2, 0) is 0 Å². The van der Waals surface area contributed by atoms with Crippen LogP contribution >= 0.6 is 0 Å². The number of hydrogen-bond donors (Lipinski definition) is 3. The monoisotopic (exact) mass is 483 g/mol. The highest BCUT2D eigenvalue weighted by molar-refractivity contribution is 6.05. The lowest BCUT2D eigenvalue weighted by atomic mass is 10.1. The van der Waals surface area contributed by atoms with Gasteiger partial charge in [0.25, 0.3) is 5.91 Å². The molecule has 2 aromatic heterocycles. The summed E-state index contributed by atoms with van der Waals surface area (Å²) in [6.45, 7) is 0.976. The van der Waals surface area contributed by atoms with E-state index in [9.17, 15) is 31.9 Å². The molecule has 1 saturated heterocycles. The van der Waals surface area contributed by atoms with Gasteiger partial charge in [0.05, 0.1) is 17.4 Å². The molecule has 0 radical (unpaired) electrons. The lowest BCUT2D eigenvalue weighted by Gasteiger charge is -2.20. The minimum atomic E-state index is -5.86. The number of carbonyl (C=O) groups excluding carboxylic acids is 1. The van der Waals surface area contributed by atoms with Crippen LogP contribution in [0.2, 0.25) is 0 Å². The number of aromatic nitrogens is 3. The third-order valence-corrected chi connectivity index (χ3v) is 5.07. The summed E-state index contributed by atoms with van der Waals surface area (Å²) >= 11 is 0. The van der Waals surface area contributed by atoms with Gasteiger partial charge in [-0.3, -0.25) is 9.89 Å². The third-order valence-electron chi connectivity index (χ3n) is 5.07. The van der Waals surface area contributed by atoms with Crippen LogP contribution < -0.4 is 15.0 Å². The van der Waals surface area contributed by atoms with Crippen molar-refractivity contribution in [1.29, 1.82) is 0 Å². The number of H-pyrrole nitrogens is 1. The maximum atomic E-state index is 13.0. The van der Waals surface area contributed by atoms with Crippen molar-refractivity contribution in [3.05, 3.63) is 54.4 Å². The SMILES string of the molecule is O=C(Nc1ccc(OC(F)(F)C(F)(F)F)cc1)c1cnc(N2CC[C@@H](O)C2)c(-c2ccn[nH]2)c1. The molecule has 1 fully saturated rings. The standard InChI is InChI=1S/C21H18F5N5O3/c22-20(23,24)21(25,26)34-15-3-1-13(2-4-15)29-19(33)12-9-16(17-5-7-28-30-17)18(27-10-12)31-8-6-14(32)11-31/h1-5,7,9-10,14,32H,6,8,11H2,(H,28,30)(H,29,33)/t14-/m1/s1. The van der Waals surface area contributed by atoms with Crippen LogP contribution in [0.3, 0.4) is 0 Å². The van der Waals surface area contributed by atoms with Crippen LogP contribution in [0.25, 0.3) is 11.3 Å². The van der Waals surface area contributed by atoms with E-state index in [1.54, 1.807) is 12.1 Å². The number of ether oxygens (including phenoxy) is 1. The molecule has 1 aliphatic rings. The molecular weight excluding hydrogens is 465 g/mol. The molecular formula is C21H18F5N5O3. The molecule has 1 aliphatic heterocycles. The maximum absolute atomic E-state index is 13.0. The number of alkyl halides is 5. The number of rotatable bonds is 6.